The fourth-order valence-electron chi connectivity index (χ4n) is 4.32. The number of amides is 1. The molecule has 0 saturated heterocycles. The number of hydrogen-bond acceptors (Lipinski definition) is 3. The van der Waals surface area contributed by atoms with Crippen molar-refractivity contribution in [2.45, 2.75) is 43.5 Å². The van der Waals surface area contributed by atoms with Crippen molar-refractivity contribution in [2.75, 3.05) is 7.05 Å². The van der Waals surface area contributed by atoms with Crippen molar-refractivity contribution in [1.29, 1.82) is 0 Å². The summed E-state index contributed by atoms with van der Waals surface area (Å²) in [7, 11) is -0.489. The normalized spacial score (nSPS) is 28.0. The highest BCUT2D eigenvalue weighted by Crippen LogP contribution is 2.49. The number of aromatic nitrogens is 1. The molecular weight excluding hydrogens is 314 g/mol. The van der Waals surface area contributed by atoms with E-state index in [9.17, 15) is 13.2 Å². The van der Waals surface area contributed by atoms with Gasteiger partial charge >= 0.3 is 0 Å². The fourth-order valence-corrected chi connectivity index (χ4v) is 5.12. The third kappa shape index (κ3) is 3.04. The van der Waals surface area contributed by atoms with Gasteiger partial charge in [-0.2, -0.15) is 0 Å². The number of aryl methyl sites for hydroxylation is 1. The van der Waals surface area contributed by atoms with E-state index in [0.29, 0.717) is 11.6 Å². The van der Waals surface area contributed by atoms with Gasteiger partial charge < -0.3 is 9.88 Å². The zero-order valence-corrected chi connectivity index (χ0v) is 14.7. The summed E-state index contributed by atoms with van der Waals surface area (Å²) in [5.41, 5.74) is 0.369. The maximum absolute atomic E-state index is 12.5. The summed E-state index contributed by atoms with van der Waals surface area (Å²) in [5.74, 6) is 1.93. The topological polar surface area (TPSA) is 80.2 Å². The summed E-state index contributed by atoms with van der Waals surface area (Å²) in [5, 5.41) is 3.07. The lowest BCUT2D eigenvalue weighted by Gasteiger charge is -2.28. The van der Waals surface area contributed by atoms with Crippen molar-refractivity contribution in [3.8, 4) is 0 Å². The Balaban J connectivity index is 1.71. The lowest BCUT2D eigenvalue weighted by Crippen LogP contribution is -2.40. The summed E-state index contributed by atoms with van der Waals surface area (Å²) in [6, 6.07) is 1.55. The molecule has 2 bridgehead atoms. The molecule has 2 aliphatic rings. The van der Waals surface area contributed by atoms with Gasteiger partial charge in [0.15, 0.2) is 0 Å². The predicted molar refractivity (Wildman–Crippen MR) is 87.5 cm³/mol. The van der Waals surface area contributed by atoms with Crippen LogP contribution in [-0.4, -0.2) is 32.0 Å². The molecule has 1 aromatic rings. The molecule has 4 atom stereocenters. The molecule has 1 heterocycles. The number of carbonyl (C=O) groups is 1. The number of fused-ring (bicyclic) bond motifs is 2. The van der Waals surface area contributed by atoms with E-state index >= 15 is 0 Å². The minimum atomic E-state index is -3.54. The Kier molecular flexibility index (Phi) is 4.27. The largest absolute Gasteiger partial charge is 0.348 e. The van der Waals surface area contributed by atoms with Gasteiger partial charge in [0.2, 0.25) is 10.0 Å². The predicted octanol–water partition coefficient (Wildman–Crippen LogP) is 1.49. The summed E-state index contributed by atoms with van der Waals surface area (Å²) in [6.45, 7) is 2.07. The molecule has 0 aromatic carbocycles. The van der Waals surface area contributed by atoms with Gasteiger partial charge in [0.25, 0.3) is 5.91 Å². The molecule has 7 heteroatoms. The molecule has 2 saturated carbocycles. The third-order valence-electron chi connectivity index (χ3n) is 5.59. The number of nitrogens with zero attached hydrogens (tertiary/aromatic N) is 1. The van der Waals surface area contributed by atoms with Gasteiger partial charge in [-0.05, 0) is 57.1 Å². The van der Waals surface area contributed by atoms with Gasteiger partial charge in [-0.1, -0.05) is 6.42 Å². The SMILES string of the molecule is CNS(=O)(=O)c1cc(C(=O)N[C@H](C)[C@@H]2C[C@@H]3CC[C@@H]2C3)n(C)c1. The van der Waals surface area contributed by atoms with Gasteiger partial charge in [0, 0.05) is 19.3 Å². The number of rotatable bonds is 5. The molecule has 0 spiro atoms. The number of nitrogens with one attached hydrogen (secondary N) is 2. The summed E-state index contributed by atoms with van der Waals surface area (Å²) in [6.07, 6.45) is 6.59. The molecule has 2 N–H and O–H groups in total. The van der Waals surface area contributed by atoms with Crippen molar-refractivity contribution in [3.05, 3.63) is 18.0 Å². The molecule has 0 unspecified atom stereocenters. The van der Waals surface area contributed by atoms with Crippen LogP contribution < -0.4 is 10.0 Å². The van der Waals surface area contributed by atoms with Crippen LogP contribution in [0.2, 0.25) is 0 Å². The van der Waals surface area contributed by atoms with Crippen LogP contribution in [0.15, 0.2) is 17.2 Å². The molecule has 1 aromatic heterocycles. The second-order valence-electron chi connectivity index (χ2n) is 6.98. The van der Waals surface area contributed by atoms with Crippen LogP contribution in [0.3, 0.4) is 0 Å². The second kappa shape index (κ2) is 5.94. The van der Waals surface area contributed by atoms with E-state index in [1.165, 1.54) is 45.0 Å². The maximum Gasteiger partial charge on any atom is 0.268 e. The number of sulfonamides is 1. The Morgan fingerprint density at radius 1 is 1.35 bits per heavy atom. The van der Waals surface area contributed by atoms with Crippen LogP contribution in [0.5, 0.6) is 0 Å². The van der Waals surface area contributed by atoms with Crippen molar-refractivity contribution < 1.29 is 13.2 Å². The minimum Gasteiger partial charge on any atom is -0.348 e. The van der Waals surface area contributed by atoms with Gasteiger partial charge in [-0.3, -0.25) is 4.79 Å². The first-order valence-corrected chi connectivity index (χ1v) is 9.71. The maximum atomic E-state index is 12.5. The Morgan fingerprint density at radius 3 is 2.65 bits per heavy atom. The Morgan fingerprint density at radius 2 is 2.09 bits per heavy atom. The molecule has 2 fully saturated rings. The van der Waals surface area contributed by atoms with Crippen molar-refractivity contribution in [3.63, 3.8) is 0 Å². The second-order valence-corrected chi connectivity index (χ2v) is 8.87. The molecule has 3 rings (SSSR count). The van der Waals surface area contributed by atoms with E-state index in [1.807, 2.05) is 0 Å². The standard InChI is InChI=1S/C16H25N3O3S/c1-10(14-7-11-4-5-12(14)6-11)18-16(20)15-8-13(9-19(15)3)23(21,22)17-2/h8-12,14,17H,4-7H2,1-3H3,(H,18,20)/t10-,11-,12-,14+/m1/s1. The summed E-state index contributed by atoms with van der Waals surface area (Å²) < 4.78 is 27.5. The van der Waals surface area contributed by atoms with Crippen molar-refractivity contribution in [2.24, 2.45) is 24.8 Å². The average Bonchev–Trinajstić information content (AvgIpc) is 3.21. The van der Waals surface area contributed by atoms with Gasteiger partial charge in [-0.15, -0.1) is 0 Å². The zero-order chi connectivity index (χ0) is 16.8. The van der Waals surface area contributed by atoms with Crippen LogP contribution in [-0.2, 0) is 17.1 Å². The monoisotopic (exact) mass is 339 g/mol. The van der Waals surface area contributed by atoms with Crippen molar-refractivity contribution in [1.82, 2.24) is 14.6 Å². The van der Waals surface area contributed by atoms with Crippen LogP contribution in [0.1, 0.15) is 43.1 Å². The molecule has 0 aliphatic heterocycles. The van der Waals surface area contributed by atoms with Gasteiger partial charge in [0.05, 0.1) is 0 Å². The van der Waals surface area contributed by atoms with Gasteiger partial charge in [0.1, 0.15) is 10.6 Å². The molecular formula is C16H25N3O3S. The van der Waals surface area contributed by atoms with E-state index in [-0.39, 0.29) is 16.8 Å². The molecule has 128 valence electrons. The highest BCUT2D eigenvalue weighted by Gasteiger charge is 2.42. The van der Waals surface area contributed by atoms with Gasteiger partial charge in [-0.25, -0.2) is 13.1 Å². The minimum absolute atomic E-state index is 0.111. The summed E-state index contributed by atoms with van der Waals surface area (Å²) in [4.78, 5) is 12.6. The first-order chi connectivity index (χ1) is 10.8. The molecule has 6 nitrogen and oxygen atoms in total. The molecule has 2 aliphatic carbocycles. The molecule has 1 amide bonds. The van der Waals surface area contributed by atoms with E-state index in [1.54, 1.807) is 11.6 Å². The average molecular weight is 339 g/mol. The van der Waals surface area contributed by atoms with E-state index in [0.717, 1.165) is 11.8 Å². The number of hydrogen-bond donors (Lipinski definition) is 2. The first kappa shape index (κ1) is 16.5. The fraction of sp³-hybridized carbons (Fsp3) is 0.688. The molecule has 23 heavy (non-hydrogen) atoms. The van der Waals surface area contributed by atoms with Crippen LogP contribution in [0, 0.1) is 17.8 Å². The smallest absolute Gasteiger partial charge is 0.268 e. The lowest BCUT2D eigenvalue weighted by atomic mass is 9.84. The highest BCUT2D eigenvalue weighted by molar-refractivity contribution is 7.89. The van der Waals surface area contributed by atoms with E-state index < -0.39 is 10.0 Å². The van der Waals surface area contributed by atoms with Crippen LogP contribution >= 0.6 is 0 Å². The quantitative estimate of drug-likeness (QED) is 0.853. The van der Waals surface area contributed by atoms with Crippen LogP contribution in [0.4, 0.5) is 0 Å². The van der Waals surface area contributed by atoms with Crippen molar-refractivity contribution >= 4 is 15.9 Å². The van der Waals surface area contributed by atoms with E-state index in [2.05, 4.69) is 17.0 Å². The zero-order valence-electron chi connectivity index (χ0n) is 13.9. The Labute approximate surface area is 137 Å². The van der Waals surface area contributed by atoms with Crippen LogP contribution in [0.25, 0.3) is 0 Å². The molecule has 0 radical (unpaired) electrons. The third-order valence-corrected chi connectivity index (χ3v) is 6.97. The first-order valence-electron chi connectivity index (χ1n) is 8.22. The summed E-state index contributed by atoms with van der Waals surface area (Å²) >= 11 is 0. The van der Waals surface area contributed by atoms with E-state index in [4.69, 9.17) is 0 Å². The lowest BCUT2D eigenvalue weighted by molar-refractivity contribution is 0.0907. The Bertz CT molecular complexity index is 710. The Hall–Kier alpha value is -1.34. The number of carbonyl (C=O) groups excluding carboxylic acids is 1. The highest BCUT2D eigenvalue weighted by atomic mass is 32.2.